The summed E-state index contributed by atoms with van der Waals surface area (Å²) in [6, 6.07) is 12.7. The van der Waals surface area contributed by atoms with E-state index in [0.29, 0.717) is 24.5 Å². The van der Waals surface area contributed by atoms with E-state index in [2.05, 4.69) is 62.1 Å². The molecule has 0 saturated heterocycles. The summed E-state index contributed by atoms with van der Waals surface area (Å²) in [4.78, 5) is 13.1. The van der Waals surface area contributed by atoms with Crippen LogP contribution in [-0.4, -0.2) is 25.6 Å². The van der Waals surface area contributed by atoms with Crippen molar-refractivity contribution in [2.75, 3.05) is 18.5 Å². The second-order valence-corrected chi connectivity index (χ2v) is 9.29. The Morgan fingerprint density at radius 3 is 2.36 bits per heavy atom. The average molecular weight is 383 g/mol. The monoisotopic (exact) mass is 382 g/mol. The molecule has 3 rings (SSSR count). The lowest BCUT2D eigenvalue weighted by Crippen LogP contribution is -2.30. The SMILES string of the molecule is CN(CCC(N)=O)c1ccc2cc(OC3CCC(C(C)(C)C)CC3)ccc2c1. The van der Waals surface area contributed by atoms with Crippen LogP contribution in [0.15, 0.2) is 36.4 Å². The van der Waals surface area contributed by atoms with Crippen molar-refractivity contribution in [2.24, 2.45) is 17.1 Å². The first-order chi connectivity index (χ1) is 13.2. The number of hydrogen-bond donors (Lipinski definition) is 1. The number of carbonyl (C=O) groups is 1. The summed E-state index contributed by atoms with van der Waals surface area (Å²) in [5.74, 6) is 1.49. The molecule has 2 aromatic carbocycles. The molecule has 2 N–H and O–H groups in total. The summed E-state index contributed by atoms with van der Waals surface area (Å²) >= 11 is 0. The van der Waals surface area contributed by atoms with Crippen LogP contribution in [0.5, 0.6) is 5.75 Å². The van der Waals surface area contributed by atoms with Crippen LogP contribution in [0.25, 0.3) is 10.8 Å². The van der Waals surface area contributed by atoms with Gasteiger partial charge in [-0.15, -0.1) is 0 Å². The van der Waals surface area contributed by atoms with E-state index in [1.165, 1.54) is 23.6 Å². The van der Waals surface area contributed by atoms with Gasteiger partial charge in [-0.3, -0.25) is 4.79 Å². The van der Waals surface area contributed by atoms with E-state index in [1.807, 2.05) is 7.05 Å². The summed E-state index contributed by atoms with van der Waals surface area (Å²) in [6.07, 6.45) is 5.48. The topological polar surface area (TPSA) is 55.6 Å². The van der Waals surface area contributed by atoms with Gasteiger partial charge in [-0.05, 0) is 72.1 Å². The maximum absolute atomic E-state index is 11.0. The van der Waals surface area contributed by atoms with Gasteiger partial charge in [-0.1, -0.05) is 32.9 Å². The fourth-order valence-electron chi connectivity index (χ4n) is 4.17. The van der Waals surface area contributed by atoms with E-state index < -0.39 is 0 Å². The lowest BCUT2D eigenvalue weighted by molar-refractivity contribution is -0.117. The van der Waals surface area contributed by atoms with Crippen molar-refractivity contribution in [2.45, 2.75) is 59.0 Å². The van der Waals surface area contributed by atoms with Gasteiger partial charge < -0.3 is 15.4 Å². The van der Waals surface area contributed by atoms with Crippen molar-refractivity contribution in [3.63, 3.8) is 0 Å². The molecule has 0 spiro atoms. The highest BCUT2D eigenvalue weighted by molar-refractivity contribution is 5.87. The molecule has 1 aliphatic rings. The van der Waals surface area contributed by atoms with Crippen LogP contribution >= 0.6 is 0 Å². The largest absolute Gasteiger partial charge is 0.490 e. The predicted molar refractivity (Wildman–Crippen MR) is 117 cm³/mol. The number of primary amides is 1. The second-order valence-electron chi connectivity index (χ2n) is 9.29. The van der Waals surface area contributed by atoms with Gasteiger partial charge in [-0.25, -0.2) is 0 Å². The zero-order chi connectivity index (χ0) is 20.3. The van der Waals surface area contributed by atoms with Gasteiger partial charge in [0.1, 0.15) is 5.75 Å². The van der Waals surface area contributed by atoms with Crippen LogP contribution in [0.4, 0.5) is 5.69 Å². The average Bonchev–Trinajstić information content (AvgIpc) is 2.65. The van der Waals surface area contributed by atoms with E-state index in [1.54, 1.807) is 0 Å². The van der Waals surface area contributed by atoms with Crippen LogP contribution < -0.4 is 15.4 Å². The van der Waals surface area contributed by atoms with Crippen molar-refractivity contribution in [1.82, 2.24) is 0 Å². The molecule has 2 aromatic rings. The van der Waals surface area contributed by atoms with Crippen molar-refractivity contribution >= 4 is 22.4 Å². The Hall–Kier alpha value is -2.23. The molecule has 1 aliphatic carbocycles. The van der Waals surface area contributed by atoms with Gasteiger partial charge in [0.15, 0.2) is 0 Å². The van der Waals surface area contributed by atoms with Crippen LogP contribution in [-0.2, 0) is 4.79 Å². The number of fused-ring (bicyclic) bond motifs is 1. The number of hydrogen-bond acceptors (Lipinski definition) is 3. The molecule has 0 unspecified atom stereocenters. The zero-order valence-corrected chi connectivity index (χ0v) is 17.7. The number of anilines is 1. The van der Waals surface area contributed by atoms with Crippen molar-refractivity contribution in [3.05, 3.63) is 36.4 Å². The highest BCUT2D eigenvalue weighted by atomic mass is 16.5. The third-order valence-corrected chi connectivity index (χ3v) is 6.13. The number of rotatable bonds is 6. The maximum atomic E-state index is 11.0. The number of amides is 1. The molecule has 152 valence electrons. The standard InChI is InChI=1S/C24H34N2O2/c1-24(2,3)19-7-11-21(12-8-19)28-22-10-6-17-15-20(9-5-18(17)16-22)26(4)14-13-23(25)27/h5-6,9-10,15-16,19,21H,7-8,11-14H2,1-4H3,(H2,25,27). The summed E-state index contributed by atoms with van der Waals surface area (Å²) < 4.78 is 6.31. The van der Waals surface area contributed by atoms with E-state index in [9.17, 15) is 4.79 Å². The molecular weight excluding hydrogens is 348 g/mol. The molecule has 1 fully saturated rings. The molecule has 0 bridgehead atoms. The molecule has 0 aliphatic heterocycles. The van der Waals surface area contributed by atoms with Crippen LogP contribution in [0.3, 0.4) is 0 Å². The molecular formula is C24H34N2O2. The van der Waals surface area contributed by atoms with Crippen LogP contribution in [0.1, 0.15) is 52.9 Å². The first-order valence-electron chi connectivity index (χ1n) is 10.4. The zero-order valence-electron chi connectivity index (χ0n) is 17.7. The smallest absolute Gasteiger partial charge is 0.219 e. The quantitative estimate of drug-likeness (QED) is 0.753. The Balaban J connectivity index is 1.63. The minimum Gasteiger partial charge on any atom is -0.490 e. The van der Waals surface area contributed by atoms with E-state index >= 15 is 0 Å². The predicted octanol–water partition coefficient (Wildman–Crippen LogP) is 5.14. The third-order valence-electron chi connectivity index (χ3n) is 6.13. The molecule has 0 heterocycles. The van der Waals surface area contributed by atoms with Gasteiger partial charge in [0.25, 0.3) is 0 Å². The Morgan fingerprint density at radius 2 is 1.71 bits per heavy atom. The van der Waals surface area contributed by atoms with Crippen molar-refractivity contribution in [1.29, 1.82) is 0 Å². The number of nitrogens with zero attached hydrogens (tertiary/aromatic N) is 1. The molecule has 1 amide bonds. The van der Waals surface area contributed by atoms with Gasteiger partial charge >= 0.3 is 0 Å². The Bertz CT molecular complexity index is 817. The van der Waals surface area contributed by atoms with Crippen LogP contribution in [0.2, 0.25) is 0 Å². The number of ether oxygens (including phenoxy) is 1. The second kappa shape index (κ2) is 8.42. The first-order valence-corrected chi connectivity index (χ1v) is 10.4. The third kappa shape index (κ3) is 5.18. The lowest BCUT2D eigenvalue weighted by atomic mass is 9.72. The summed E-state index contributed by atoms with van der Waals surface area (Å²) in [7, 11) is 1.98. The summed E-state index contributed by atoms with van der Waals surface area (Å²) in [6.45, 7) is 7.67. The fraction of sp³-hybridized carbons (Fsp3) is 0.542. The molecule has 0 atom stereocenters. The van der Waals surface area contributed by atoms with Crippen LogP contribution in [0, 0.1) is 11.3 Å². The first kappa shape index (κ1) is 20.5. The Morgan fingerprint density at radius 1 is 1.07 bits per heavy atom. The molecule has 0 radical (unpaired) electrons. The normalized spacial score (nSPS) is 20.1. The van der Waals surface area contributed by atoms with E-state index in [-0.39, 0.29) is 5.91 Å². The number of benzene rings is 2. The lowest BCUT2D eigenvalue weighted by Gasteiger charge is -2.37. The van der Waals surface area contributed by atoms with Crippen molar-refractivity contribution in [3.8, 4) is 5.75 Å². The van der Waals surface area contributed by atoms with Crippen molar-refractivity contribution < 1.29 is 9.53 Å². The molecule has 28 heavy (non-hydrogen) atoms. The van der Waals surface area contributed by atoms with Gasteiger partial charge in [0.05, 0.1) is 6.10 Å². The molecule has 0 aromatic heterocycles. The Kier molecular flexibility index (Phi) is 6.17. The molecule has 1 saturated carbocycles. The highest BCUT2D eigenvalue weighted by Gasteiger charge is 2.30. The Labute approximate surface area is 169 Å². The van der Waals surface area contributed by atoms with Gasteiger partial charge in [-0.2, -0.15) is 0 Å². The molecule has 4 heteroatoms. The van der Waals surface area contributed by atoms with Gasteiger partial charge in [0.2, 0.25) is 5.91 Å². The van der Waals surface area contributed by atoms with E-state index in [4.69, 9.17) is 10.5 Å². The van der Waals surface area contributed by atoms with Gasteiger partial charge in [0, 0.05) is 25.7 Å². The molecule has 4 nitrogen and oxygen atoms in total. The summed E-state index contributed by atoms with van der Waals surface area (Å²) in [5, 5.41) is 2.35. The number of nitrogens with two attached hydrogens (primary N) is 1. The highest BCUT2D eigenvalue weighted by Crippen LogP contribution is 2.39. The fourth-order valence-corrected chi connectivity index (χ4v) is 4.17. The minimum absolute atomic E-state index is 0.272. The summed E-state index contributed by atoms with van der Waals surface area (Å²) in [5.41, 5.74) is 6.74. The minimum atomic E-state index is -0.272. The number of carbonyl (C=O) groups excluding carboxylic acids is 1. The maximum Gasteiger partial charge on any atom is 0.219 e. The van der Waals surface area contributed by atoms with E-state index in [0.717, 1.165) is 30.2 Å².